The summed E-state index contributed by atoms with van der Waals surface area (Å²) in [4.78, 5) is 11.8. The van der Waals surface area contributed by atoms with Crippen molar-refractivity contribution in [3.8, 4) is 0 Å². The Labute approximate surface area is 111 Å². The molecule has 0 aliphatic rings. The average molecular weight is 259 g/mol. The Bertz CT molecular complexity index is 256. The zero-order chi connectivity index (χ0) is 14.4. The molecule has 0 aromatic heterocycles. The molecule has 0 saturated heterocycles. The van der Waals surface area contributed by atoms with Crippen molar-refractivity contribution in [1.29, 1.82) is 0 Å². The van der Waals surface area contributed by atoms with E-state index in [1.165, 1.54) is 0 Å². The van der Waals surface area contributed by atoms with Crippen LogP contribution in [-0.2, 0) is 9.53 Å². The largest absolute Gasteiger partial charge is 0.459 e. The number of esters is 1. The van der Waals surface area contributed by atoms with Crippen molar-refractivity contribution in [2.45, 2.75) is 66.0 Å². The van der Waals surface area contributed by atoms with E-state index in [1.54, 1.807) is 0 Å². The van der Waals surface area contributed by atoms with Crippen LogP contribution in [0.25, 0.3) is 0 Å². The number of nitrogens with one attached hydrogen (secondary N) is 1. The summed E-state index contributed by atoms with van der Waals surface area (Å²) in [6.07, 6.45) is 1.72. The minimum Gasteiger partial charge on any atom is -0.459 e. The predicted octanol–water partition coefficient (Wildman–Crippen LogP) is 2.10. The van der Waals surface area contributed by atoms with Crippen LogP contribution in [0.1, 0.15) is 54.4 Å². The van der Waals surface area contributed by atoms with E-state index in [-0.39, 0.29) is 24.0 Å². The molecule has 4 heteroatoms. The van der Waals surface area contributed by atoms with Crippen LogP contribution in [-0.4, -0.2) is 35.9 Å². The Morgan fingerprint density at radius 3 is 2.28 bits per heavy atom. The van der Waals surface area contributed by atoms with Crippen molar-refractivity contribution in [2.24, 2.45) is 5.41 Å². The van der Waals surface area contributed by atoms with Crippen molar-refractivity contribution in [1.82, 2.24) is 5.32 Å². The molecule has 4 nitrogen and oxygen atoms in total. The summed E-state index contributed by atoms with van der Waals surface area (Å²) >= 11 is 0. The number of hydrogen-bond donors (Lipinski definition) is 2. The van der Waals surface area contributed by atoms with E-state index in [1.807, 2.05) is 27.7 Å². The fraction of sp³-hybridized carbons (Fsp3) is 0.929. The van der Waals surface area contributed by atoms with Crippen LogP contribution in [0.4, 0.5) is 0 Å². The molecule has 108 valence electrons. The van der Waals surface area contributed by atoms with Gasteiger partial charge < -0.3 is 15.2 Å². The fourth-order valence-corrected chi connectivity index (χ4v) is 1.55. The number of carbonyl (C=O) groups is 1. The van der Waals surface area contributed by atoms with E-state index in [0.29, 0.717) is 0 Å². The molecule has 0 heterocycles. The minimum absolute atomic E-state index is 0.0685. The molecule has 0 radical (unpaired) electrons. The molecule has 0 rings (SSSR count). The standard InChI is InChI=1S/C14H29NO3/c1-11(12(17)18-13(2,3)4)15-10-14(5,6)8-7-9-16/h11,15-16H,7-10H2,1-6H3. The summed E-state index contributed by atoms with van der Waals surface area (Å²) in [5.41, 5.74) is -0.377. The van der Waals surface area contributed by atoms with Crippen molar-refractivity contribution in [2.75, 3.05) is 13.2 Å². The van der Waals surface area contributed by atoms with Gasteiger partial charge in [0.05, 0.1) is 0 Å². The lowest BCUT2D eigenvalue weighted by atomic mass is 9.87. The van der Waals surface area contributed by atoms with Gasteiger partial charge in [-0.2, -0.15) is 0 Å². The van der Waals surface area contributed by atoms with E-state index >= 15 is 0 Å². The summed E-state index contributed by atoms with van der Waals surface area (Å²) in [5, 5.41) is 12.0. The van der Waals surface area contributed by atoms with Crippen molar-refractivity contribution in [3.63, 3.8) is 0 Å². The van der Waals surface area contributed by atoms with E-state index < -0.39 is 5.60 Å². The molecule has 0 spiro atoms. The molecule has 0 aromatic carbocycles. The zero-order valence-corrected chi connectivity index (χ0v) is 12.7. The molecule has 2 N–H and O–H groups in total. The Kier molecular flexibility index (Phi) is 6.86. The van der Waals surface area contributed by atoms with Crippen LogP contribution in [0, 0.1) is 5.41 Å². The average Bonchev–Trinajstić information content (AvgIpc) is 2.21. The van der Waals surface area contributed by atoms with Gasteiger partial charge in [0.25, 0.3) is 0 Å². The fourth-order valence-electron chi connectivity index (χ4n) is 1.55. The summed E-state index contributed by atoms with van der Waals surface area (Å²) in [5.74, 6) is -0.222. The molecular formula is C14H29NO3. The minimum atomic E-state index is -0.445. The van der Waals surface area contributed by atoms with Gasteiger partial charge >= 0.3 is 5.97 Å². The lowest BCUT2D eigenvalue weighted by molar-refractivity contribution is -0.157. The first-order valence-electron chi connectivity index (χ1n) is 6.64. The van der Waals surface area contributed by atoms with Crippen molar-refractivity contribution < 1.29 is 14.6 Å². The normalized spacial score (nSPS) is 14.4. The van der Waals surface area contributed by atoms with Crippen molar-refractivity contribution >= 4 is 5.97 Å². The Morgan fingerprint density at radius 1 is 1.28 bits per heavy atom. The van der Waals surface area contributed by atoms with Gasteiger partial charge in [-0.15, -0.1) is 0 Å². The first-order chi connectivity index (χ1) is 8.07. The highest BCUT2D eigenvalue weighted by atomic mass is 16.6. The van der Waals surface area contributed by atoms with Crippen LogP contribution in [0.3, 0.4) is 0 Å². The maximum atomic E-state index is 11.8. The van der Waals surface area contributed by atoms with Gasteiger partial charge in [-0.1, -0.05) is 13.8 Å². The summed E-state index contributed by atoms with van der Waals surface area (Å²) in [7, 11) is 0. The molecule has 0 bridgehead atoms. The number of ether oxygens (including phenoxy) is 1. The van der Waals surface area contributed by atoms with E-state index in [2.05, 4.69) is 19.2 Å². The smallest absolute Gasteiger partial charge is 0.323 e. The third-order valence-electron chi connectivity index (χ3n) is 2.66. The van der Waals surface area contributed by atoms with E-state index in [9.17, 15) is 4.79 Å². The highest BCUT2D eigenvalue weighted by Crippen LogP contribution is 2.21. The zero-order valence-electron chi connectivity index (χ0n) is 12.7. The first-order valence-corrected chi connectivity index (χ1v) is 6.64. The maximum Gasteiger partial charge on any atom is 0.323 e. The molecular weight excluding hydrogens is 230 g/mol. The topological polar surface area (TPSA) is 58.6 Å². The van der Waals surface area contributed by atoms with Gasteiger partial charge in [-0.25, -0.2) is 0 Å². The molecule has 0 aliphatic carbocycles. The van der Waals surface area contributed by atoms with Gasteiger partial charge in [0.1, 0.15) is 11.6 Å². The maximum absolute atomic E-state index is 11.8. The first kappa shape index (κ1) is 17.4. The van der Waals surface area contributed by atoms with Crippen LogP contribution in [0.5, 0.6) is 0 Å². The van der Waals surface area contributed by atoms with Crippen molar-refractivity contribution in [3.05, 3.63) is 0 Å². The highest BCUT2D eigenvalue weighted by molar-refractivity contribution is 5.75. The van der Waals surface area contributed by atoms with Gasteiger partial charge in [-0.05, 0) is 46.0 Å². The lowest BCUT2D eigenvalue weighted by Gasteiger charge is -2.28. The molecule has 1 unspecified atom stereocenters. The number of rotatable bonds is 7. The van der Waals surface area contributed by atoms with Crippen LogP contribution >= 0.6 is 0 Å². The van der Waals surface area contributed by atoms with E-state index in [4.69, 9.17) is 9.84 Å². The number of aliphatic hydroxyl groups is 1. The highest BCUT2D eigenvalue weighted by Gasteiger charge is 2.24. The molecule has 18 heavy (non-hydrogen) atoms. The molecule has 1 atom stereocenters. The Balaban J connectivity index is 4.09. The second kappa shape index (κ2) is 7.10. The van der Waals surface area contributed by atoms with Gasteiger partial charge in [0.15, 0.2) is 0 Å². The second-order valence-electron chi connectivity index (χ2n) is 6.63. The number of aliphatic hydroxyl groups excluding tert-OH is 1. The number of carbonyl (C=O) groups excluding carboxylic acids is 1. The third kappa shape index (κ3) is 8.48. The quantitative estimate of drug-likeness (QED) is 0.687. The summed E-state index contributed by atoms with van der Waals surface area (Å²) < 4.78 is 5.30. The molecule has 0 aromatic rings. The van der Waals surface area contributed by atoms with Crippen LogP contribution in [0.15, 0.2) is 0 Å². The third-order valence-corrected chi connectivity index (χ3v) is 2.66. The van der Waals surface area contributed by atoms with Crippen LogP contribution < -0.4 is 5.32 Å². The molecule has 0 amide bonds. The van der Waals surface area contributed by atoms with Gasteiger partial charge in [-0.3, -0.25) is 4.79 Å². The summed E-state index contributed by atoms with van der Waals surface area (Å²) in [6.45, 7) is 12.6. The predicted molar refractivity (Wildman–Crippen MR) is 73.4 cm³/mol. The Morgan fingerprint density at radius 2 is 1.83 bits per heavy atom. The van der Waals surface area contributed by atoms with Crippen LogP contribution in [0.2, 0.25) is 0 Å². The van der Waals surface area contributed by atoms with Gasteiger partial charge in [0, 0.05) is 13.2 Å². The molecule has 0 saturated carbocycles. The second-order valence-corrected chi connectivity index (χ2v) is 6.63. The van der Waals surface area contributed by atoms with E-state index in [0.717, 1.165) is 19.4 Å². The lowest BCUT2D eigenvalue weighted by Crippen LogP contribution is -2.43. The number of hydrogen-bond acceptors (Lipinski definition) is 4. The van der Waals surface area contributed by atoms with Gasteiger partial charge in [0.2, 0.25) is 0 Å². The molecule has 0 fully saturated rings. The summed E-state index contributed by atoms with van der Waals surface area (Å²) in [6, 6.07) is -0.308. The molecule has 0 aliphatic heterocycles. The monoisotopic (exact) mass is 259 g/mol. The Hall–Kier alpha value is -0.610. The SMILES string of the molecule is CC(NCC(C)(C)CCCO)C(=O)OC(C)(C)C.